The topological polar surface area (TPSA) is 55.8 Å². The van der Waals surface area contributed by atoms with Crippen molar-refractivity contribution in [3.63, 3.8) is 0 Å². The van der Waals surface area contributed by atoms with Gasteiger partial charge in [-0.3, -0.25) is 0 Å². The highest BCUT2D eigenvalue weighted by atomic mass is 16.7. The summed E-state index contributed by atoms with van der Waals surface area (Å²) in [7, 11) is 1.00. The largest absolute Gasteiger partial charge is 0.509 e. The molecule has 0 bridgehead atoms. The minimum atomic E-state index is -0.616. The smallest absolute Gasteiger partial charge is 0.429 e. The van der Waals surface area contributed by atoms with Crippen LogP contribution in [0.2, 0.25) is 0 Å². The van der Waals surface area contributed by atoms with Crippen molar-refractivity contribution in [1.29, 1.82) is 0 Å². The van der Waals surface area contributed by atoms with E-state index in [0.29, 0.717) is 0 Å². The molecule has 0 fully saturated rings. The Morgan fingerprint density at radius 1 is 0.857 bits per heavy atom. The molecule has 0 aliphatic heterocycles. The van der Waals surface area contributed by atoms with Gasteiger partial charge < -0.3 is 14.6 Å². The molecule has 1 N–H and O–H groups in total. The van der Waals surface area contributed by atoms with Crippen LogP contribution < -0.4 is 0 Å². The van der Waals surface area contributed by atoms with E-state index < -0.39 is 17.4 Å². The van der Waals surface area contributed by atoms with Gasteiger partial charge in [0.05, 0.1) is 0 Å². The fourth-order valence-corrected chi connectivity index (χ4v) is 0.521. The third-order valence-corrected chi connectivity index (χ3v) is 0.779. The summed E-state index contributed by atoms with van der Waals surface area (Å²) in [6.45, 7) is 10.8. The van der Waals surface area contributed by atoms with E-state index >= 15 is 0 Å². The first kappa shape index (κ1) is 15.7. The lowest BCUT2D eigenvalue weighted by Gasteiger charge is -2.24. The molecular formula is C10H22O4. The molecular weight excluding hydrogens is 184 g/mol. The lowest BCUT2D eigenvalue weighted by Crippen LogP contribution is -2.30. The van der Waals surface area contributed by atoms with E-state index in [1.54, 1.807) is 41.5 Å². The van der Waals surface area contributed by atoms with Gasteiger partial charge >= 0.3 is 6.16 Å². The van der Waals surface area contributed by atoms with E-state index in [2.05, 4.69) is 0 Å². The summed E-state index contributed by atoms with van der Waals surface area (Å²) in [5.41, 5.74) is -0.968. The Hall–Kier alpha value is -0.770. The van der Waals surface area contributed by atoms with Crippen molar-refractivity contribution in [3.05, 3.63) is 0 Å². The second-order valence-corrected chi connectivity index (χ2v) is 4.68. The molecule has 0 radical (unpaired) electrons. The van der Waals surface area contributed by atoms with Crippen LogP contribution in [-0.2, 0) is 9.47 Å². The summed E-state index contributed by atoms with van der Waals surface area (Å²) in [5.74, 6) is 0. The van der Waals surface area contributed by atoms with Gasteiger partial charge in [0.1, 0.15) is 11.2 Å². The number of aliphatic hydroxyl groups excluding tert-OH is 1. The van der Waals surface area contributed by atoms with Gasteiger partial charge in [-0.2, -0.15) is 0 Å². The van der Waals surface area contributed by atoms with Crippen molar-refractivity contribution < 1.29 is 19.4 Å². The Balaban J connectivity index is 0. The maximum atomic E-state index is 11.0. The van der Waals surface area contributed by atoms with Gasteiger partial charge in [-0.1, -0.05) is 0 Å². The van der Waals surface area contributed by atoms with Gasteiger partial charge in [-0.15, -0.1) is 0 Å². The molecule has 4 nitrogen and oxygen atoms in total. The van der Waals surface area contributed by atoms with Crippen LogP contribution in [0.25, 0.3) is 0 Å². The zero-order chi connectivity index (χ0) is 12.0. The zero-order valence-electron chi connectivity index (χ0n) is 10.2. The maximum Gasteiger partial charge on any atom is 0.509 e. The molecule has 0 heterocycles. The third kappa shape index (κ3) is 13.8. The third-order valence-electron chi connectivity index (χ3n) is 0.779. The molecule has 86 valence electrons. The standard InChI is InChI=1S/C9H18O3.CH4O/c1-8(2,3)11-7(10)12-9(4,5)6;1-2/h1-6H3;2H,1H3. The highest BCUT2D eigenvalue weighted by molar-refractivity contribution is 5.61. The predicted octanol–water partition coefficient (Wildman–Crippen LogP) is 2.35. The SMILES string of the molecule is CC(C)(C)OC(=O)OC(C)(C)C.CO. The summed E-state index contributed by atoms with van der Waals surface area (Å²) < 4.78 is 9.91. The van der Waals surface area contributed by atoms with Gasteiger partial charge in [-0.25, -0.2) is 4.79 Å². The van der Waals surface area contributed by atoms with E-state index in [1.165, 1.54) is 0 Å². The van der Waals surface area contributed by atoms with Crippen LogP contribution in [0.5, 0.6) is 0 Å². The summed E-state index contributed by atoms with van der Waals surface area (Å²) in [6.07, 6.45) is -0.616. The first-order chi connectivity index (χ1) is 6.10. The summed E-state index contributed by atoms with van der Waals surface area (Å²) in [5, 5.41) is 7.00. The van der Waals surface area contributed by atoms with Crippen LogP contribution in [0.3, 0.4) is 0 Å². The van der Waals surface area contributed by atoms with Crippen molar-refractivity contribution >= 4 is 6.16 Å². The van der Waals surface area contributed by atoms with Crippen molar-refractivity contribution in [3.8, 4) is 0 Å². The van der Waals surface area contributed by atoms with Crippen molar-refractivity contribution in [2.45, 2.75) is 52.7 Å². The quantitative estimate of drug-likeness (QED) is 0.618. The maximum absolute atomic E-state index is 11.0. The van der Waals surface area contributed by atoms with E-state index in [9.17, 15) is 4.79 Å². The zero-order valence-corrected chi connectivity index (χ0v) is 10.2. The molecule has 0 atom stereocenters. The molecule has 0 rings (SSSR count). The van der Waals surface area contributed by atoms with Gasteiger partial charge in [0.15, 0.2) is 0 Å². The van der Waals surface area contributed by atoms with Crippen LogP contribution in [0, 0.1) is 0 Å². The molecule has 0 spiro atoms. The van der Waals surface area contributed by atoms with Gasteiger partial charge in [0, 0.05) is 7.11 Å². The number of rotatable bonds is 0. The average molecular weight is 206 g/mol. The molecule has 0 amide bonds. The fourth-order valence-electron chi connectivity index (χ4n) is 0.521. The number of hydrogen-bond acceptors (Lipinski definition) is 4. The molecule has 0 saturated carbocycles. The van der Waals surface area contributed by atoms with Gasteiger partial charge in [-0.05, 0) is 41.5 Å². The molecule has 0 saturated heterocycles. The number of ether oxygens (including phenoxy) is 2. The molecule has 4 heteroatoms. The Morgan fingerprint density at radius 2 is 1.07 bits per heavy atom. The number of carbonyl (C=O) groups is 1. The number of aliphatic hydroxyl groups is 1. The van der Waals surface area contributed by atoms with Gasteiger partial charge in [0.2, 0.25) is 0 Å². The van der Waals surface area contributed by atoms with Crippen molar-refractivity contribution in [1.82, 2.24) is 0 Å². The number of hydrogen-bond donors (Lipinski definition) is 1. The summed E-state index contributed by atoms with van der Waals surface area (Å²) >= 11 is 0. The second kappa shape index (κ2) is 5.86. The highest BCUT2D eigenvalue weighted by Crippen LogP contribution is 2.13. The number of carbonyl (C=O) groups excluding carboxylic acids is 1. The normalized spacial score (nSPS) is 11.1. The monoisotopic (exact) mass is 206 g/mol. The molecule has 0 unspecified atom stereocenters. The predicted molar refractivity (Wildman–Crippen MR) is 55.2 cm³/mol. The molecule has 0 aromatic rings. The summed E-state index contributed by atoms with van der Waals surface area (Å²) in [4.78, 5) is 11.0. The molecule has 0 aliphatic carbocycles. The molecule has 0 aromatic carbocycles. The summed E-state index contributed by atoms with van der Waals surface area (Å²) in [6, 6.07) is 0. The van der Waals surface area contributed by atoms with Crippen LogP contribution >= 0.6 is 0 Å². The van der Waals surface area contributed by atoms with E-state index in [-0.39, 0.29) is 0 Å². The van der Waals surface area contributed by atoms with E-state index in [0.717, 1.165) is 7.11 Å². The Morgan fingerprint density at radius 3 is 1.21 bits per heavy atom. The van der Waals surface area contributed by atoms with E-state index in [1.807, 2.05) is 0 Å². The van der Waals surface area contributed by atoms with Crippen LogP contribution in [0.1, 0.15) is 41.5 Å². The Labute approximate surface area is 86.2 Å². The molecule has 14 heavy (non-hydrogen) atoms. The van der Waals surface area contributed by atoms with Crippen molar-refractivity contribution in [2.75, 3.05) is 7.11 Å². The Kier molecular flexibility index (Phi) is 6.56. The minimum Gasteiger partial charge on any atom is -0.429 e. The van der Waals surface area contributed by atoms with Crippen LogP contribution in [0.4, 0.5) is 4.79 Å². The highest BCUT2D eigenvalue weighted by Gasteiger charge is 2.22. The Bertz CT molecular complexity index is 144. The average Bonchev–Trinajstić information content (AvgIpc) is 1.82. The van der Waals surface area contributed by atoms with E-state index in [4.69, 9.17) is 14.6 Å². The van der Waals surface area contributed by atoms with Gasteiger partial charge in [0.25, 0.3) is 0 Å². The van der Waals surface area contributed by atoms with Crippen LogP contribution in [-0.4, -0.2) is 29.6 Å². The molecule has 0 aliphatic rings. The lowest BCUT2D eigenvalue weighted by molar-refractivity contribution is -0.0468. The second-order valence-electron chi connectivity index (χ2n) is 4.68. The first-order valence-corrected chi connectivity index (χ1v) is 4.47. The fraction of sp³-hybridized carbons (Fsp3) is 0.900. The minimum absolute atomic E-state index is 0.484. The first-order valence-electron chi connectivity index (χ1n) is 4.47. The molecule has 0 aromatic heterocycles. The lowest BCUT2D eigenvalue weighted by atomic mass is 10.2. The van der Waals surface area contributed by atoms with Crippen molar-refractivity contribution in [2.24, 2.45) is 0 Å². The van der Waals surface area contributed by atoms with Crippen LogP contribution in [0.15, 0.2) is 0 Å².